The molecule has 216 valence electrons. The number of carbonyl (C=O) groups excluding carboxylic acids is 1. The third kappa shape index (κ3) is 28.1. The fourth-order valence-electron chi connectivity index (χ4n) is 4.20. The molecule has 0 amide bonds. The van der Waals surface area contributed by atoms with E-state index in [1.165, 1.54) is 96.3 Å². The lowest BCUT2D eigenvalue weighted by atomic mass is 10.1. The molecule has 36 heavy (non-hydrogen) atoms. The van der Waals surface area contributed by atoms with Crippen LogP contribution >= 0.6 is 7.82 Å². The fourth-order valence-corrected chi connectivity index (χ4v) is 4.56. The van der Waals surface area contributed by atoms with E-state index in [4.69, 9.17) is 19.3 Å². The van der Waals surface area contributed by atoms with E-state index in [0.717, 1.165) is 32.1 Å². The molecule has 0 radical (unpaired) electrons. The highest BCUT2D eigenvalue weighted by atomic mass is 31.2. The Labute approximate surface area is 221 Å². The Bertz CT molecular complexity index is 524. The second-order valence-electron chi connectivity index (χ2n) is 10.1. The van der Waals surface area contributed by atoms with E-state index in [9.17, 15) is 9.36 Å². The van der Waals surface area contributed by atoms with Gasteiger partial charge in [-0.25, -0.2) is 4.57 Å². The van der Waals surface area contributed by atoms with Crippen molar-refractivity contribution in [2.75, 3.05) is 19.8 Å². The van der Waals surface area contributed by atoms with Gasteiger partial charge in [-0.3, -0.25) is 9.32 Å². The van der Waals surface area contributed by atoms with Gasteiger partial charge in [-0.05, 0) is 12.8 Å². The van der Waals surface area contributed by atoms with Crippen LogP contribution in [0.5, 0.6) is 0 Å². The predicted molar refractivity (Wildman–Crippen MR) is 147 cm³/mol. The zero-order chi connectivity index (χ0) is 26.7. The first-order valence-corrected chi connectivity index (χ1v) is 16.4. The van der Waals surface area contributed by atoms with Crippen LogP contribution in [0.25, 0.3) is 0 Å². The molecule has 0 bridgehead atoms. The van der Waals surface area contributed by atoms with Crippen molar-refractivity contribution in [1.82, 2.24) is 0 Å². The summed E-state index contributed by atoms with van der Waals surface area (Å²) in [6, 6.07) is 0. The van der Waals surface area contributed by atoms with E-state index in [0.29, 0.717) is 13.0 Å². The summed E-state index contributed by atoms with van der Waals surface area (Å²) in [6.45, 7) is 4.71. The highest BCUT2D eigenvalue weighted by molar-refractivity contribution is 7.46. The molecule has 0 aromatic heterocycles. The van der Waals surface area contributed by atoms with E-state index in [1.807, 2.05) is 0 Å². The van der Waals surface area contributed by atoms with Crippen LogP contribution in [0.3, 0.4) is 0 Å². The van der Waals surface area contributed by atoms with E-state index < -0.39 is 13.9 Å². The largest absolute Gasteiger partial charge is 0.469 e. The Morgan fingerprint density at radius 2 is 1.06 bits per heavy atom. The molecular formula is C28H57O7P. The van der Waals surface area contributed by atoms with Crippen LogP contribution < -0.4 is 0 Å². The number of rotatable bonds is 28. The summed E-state index contributed by atoms with van der Waals surface area (Å²) in [4.78, 5) is 30.1. The summed E-state index contributed by atoms with van der Waals surface area (Å²) in [6.07, 6.45) is 23.8. The molecule has 7 nitrogen and oxygen atoms in total. The van der Waals surface area contributed by atoms with Gasteiger partial charge in [-0.1, -0.05) is 129 Å². The van der Waals surface area contributed by atoms with Gasteiger partial charge >= 0.3 is 13.8 Å². The van der Waals surface area contributed by atoms with Gasteiger partial charge in [0.15, 0.2) is 0 Å². The Morgan fingerprint density at radius 3 is 1.50 bits per heavy atom. The second kappa shape index (κ2) is 26.2. The zero-order valence-corrected chi connectivity index (χ0v) is 24.3. The third-order valence-electron chi connectivity index (χ3n) is 6.41. The first-order valence-electron chi connectivity index (χ1n) is 14.9. The molecule has 0 aromatic rings. The molecule has 0 saturated carbocycles. The number of ether oxygens (including phenoxy) is 2. The van der Waals surface area contributed by atoms with Crippen molar-refractivity contribution in [2.45, 2.75) is 155 Å². The number of esters is 1. The van der Waals surface area contributed by atoms with Crippen LogP contribution in [0.2, 0.25) is 0 Å². The SMILES string of the molecule is CCCCCCCCCCCCCCOC[C@H](COP(=O)(O)O)OC(=O)CCCCCCCCCC. The van der Waals surface area contributed by atoms with Crippen molar-refractivity contribution in [3.63, 3.8) is 0 Å². The van der Waals surface area contributed by atoms with Gasteiger partial charge in [0.25, 0.3) is 0 Å². The number of phosphoric ester groups is 1. The predicted octanol–water partition coefficient (Wildman–Crippen LogP) is 8.26. The molecule has 0 spiro atoms. The van der Waals surface area contributed by atoms with E-state index in [1.54, 1.807) is 0 Å². The molecular weight excluding hydrogens is 479 g/mol. The maximum Gasteiger partial charge on any atom is 0.469 e. The number of hydrogen-bond acceptors (Lipinski definition) is 5. The number of carbonyl (C=O) groups is 1. The lowest BCUT2D eigenvalue weighted by molar-refractivity contribution is -0.154. The molecule has 2 N–H and O–H groups in total. The van der Waals surface area contributed by atoms with Crippen LogP contribution in [0.4, 0.5) is 0 Å². The van der Waals surface area contributed by atoms with E-state index in [-0.39, 0.29) is 19.2 Å². The van der Waals surface area contributed by atoms with Crippen molar-refractivity contribution < 1.29 is 33.1 Å². The summed E-state index contributed by atoms with van der Waals surface area (Å²) >= 11 is 0. The van der Waals surface area contributed by atoms with Crippen molar-refractivity contribution in [3.8, 4) is 0 Å². The summed E-state index contributed by atoms with van der Waals surface area (Å²) in [5, 5.41) is 0. The molecule has 0 aliphatic rings. The maximum absolute atomic E-state index is 12.2. The normalized spacial score (nSPS) is 12.7. The van der Waals surface area contributed by atoms with Crippen molar-refractivity contribution in [2.24, 2.45) is 0 Å². The third-order valence-corrected chi connectivity index (χ3v) is 6.89. The quantitative estimate of drug-likeness (QED) is 0.0589. The molecule has 0 unspecified atom stereocenters. The van der Waals surface area contributed by atoms with E-state index in [2.05, 4.69) is 18.4 Å². The minimum absolute atomic E-state index is 0.0845. The Balaban J connectivity index is 3.87. The summed E-state index contributed by atoms with van der Waals surface area (Å²) in [7, 11) is -4.63. The number of phosphoric acid groups is 1. The molecule has 0 saturated heterocycles. The van der Waals surface area contributed by atoms with Crippen LogP contribution in [0.1, 0.15) is 149 Å². The summed E-state index contributed by atoms with van der Waals surface area (Å²) in [5.74, 6) is -0.366. The molecule has 0 aliphatic heterocycles. The maximum atomic E-state index is 12.2. The Hall–Kier alpha value is -0.460. The van der Waals surface area contributed by atoms with Crippen molar-refractivity contribution >= 4 is 13.8 Å². The van der Waals surface area contributed by atoms with E-state index >= 15 is 0 Å². The Kier molecular flexibility index (Phi) is 25.8. The minimum atomic E-state index is -4.63. The molecule has 1 atom stereocenters. The van der Waals surface area contributed by atoms with Gasteiger partial charge in [-0.15, -0.1) is 0 Å². The van der Waals surface area contributed by atoms with Gasteiger partial charge < -0.3 is 19.3 Å². The second-order valence-corrected chi connectivity index (χ2v) is 11.3. The molecule has 0 fully saturated rings. The fraction of sp³-hybridized carbons (Fsp3) is 0.964. The minimum Gasteiger partial charge on any atom is -0.457 e. The molecule has 0 aliphatic carbocycles. The van der Waals surface area contributed by atoms with Crippen LogP contribution in [-0.4, -0.2) is 41.7 Å². The van der Waals surface area contributed by atoms with Gasteiger partial charge in [0.2, 0.25) is 0 Å². The average molecular weight is 537 g/mol. The molecule has 0 aromatic carbocycles. The van der Waals surface area contributed by atoms with Gasteiger partial charge in [0.05, 0.1) is 13.2 Å². The topological polar surface area (TPSA) is 102 Å². The zero-order valence-electron chi connectivity index (χ0n) is 23.4. The lowest BCUT2D eigenvalue weighted by Crippen LogP contribution is -2.28. The van der Waals surface area contributed by atoms with Crippen LogP contribution in [0.15, 0.2) is 0 Å². The summed E-state index contributed by atoms with van der Waals surface area (Å²) in [5.41, 5.74) is 0. The molecule has 0 heterocycles. The average Bonchev–Trinajstić information content (AvgIpc) is 2.83. The first kappa shape index (κ1) is 35.5. The monoisotopic (exact) mass is 536 g/mol. The highest BCUT2D eigenvalue weighted by Crippen LogP contribution is 2.35. The van der Waals surface area contributed by atoms with Crippen molar-refractivity contribution in [1.29, 1.82) is 0 Å². The molecule has 0 rings (SSSR count). The van der Waals surface area contributed by atoms with Gasteiger partial charge in [0.1, 0.15) is 6.10 Å². The number of hydrogen-bond donors (Lipinski definition) is 2. The standard InChI is InChI=1S/C28H57O7P/c1-3-5-7-9-11-13-14-15-16-18-20-22-24-33-25-27(26-34-36(30,31)32)35-28(29)23-21-19-17-12-10-8-6-4-2/h27H,3-26H2,1-2H3,(H2,30,31,32)/t27-/m1/s1. The lowest BCUT2D eigenvalue weighted by Gasteiger charge is -2.18. The Morgan fingerprint density at radius 1 is 0.639 bits per heavy atom. The van der Waals surface area contributed by atoms with Gasteiger partial charge in [0, 0.05) is 13.0 Å². The smallest absolute Gasteiger partial charge is 0.457 e. The van der Waals surface area contributed by atoms with Gasteiger partial charge in [-0.2, -0.15) is 0 Å². The van der Waals surface area contributed by atoms with Crippen LogP contribution in [-0.2, 0) is 23.4 Å². The highest BCUT2D eigenvalue weighted by Gasteiger charge is 2.21. The first-order chi connectivity index (χ1) is 17.4. The van der Waals surface area contributed by atoms with Crippen LogP contribution in [0, 0.1) is 0 Å². The van der Waals surface area contributed by atoms with Crippen molar-refractivity contribution in [3.05, 3.63) is 0 Å². The number of unbranched alkanes of at least 4 members (excludes halogenated alkanes) is 18. The summed E-state index contributed by atoms with van der Waals surface area (Å²) < 4.78 is 26.6. The molecule has 8 heteroatoms.